The highest BCUT2D eigenvalue weighted by Crippen LogP contribution is 2.15. The number of aryl methyl sites for hydroxylation is 1. The first-order valence-electron chi connectivity index (χ1n) is 6.96. The number of halogens is 1. The van der Waals surface area contributed by atoms with E-state index in [2.05, 4.69) is 36.5 Å². The Balaban J connectivity index is 1.66. The summed E-state index contributed by atoms with van der Waals surface area (Å²) in [7, 11) is 0. The number of hydrogen-bond acceptors (Lipinski definition) is 3. The molecule has 0 radical (unpaired) electrons. The molecule has 0 saturated carbocycles. The van der Waals surface area contributed by atoms with Crippen molar-refractivity contribution in [3.8, 4) is 5.75 Å². The molecular formula is C17H20ClNO2. The summed E-state index contributed by atoms with van der Waals surface area (Å²) in [6.45, 7) is 3.54. The van der Waals surface area contributed by atoms with Crippen molar-refractivity contribution >= 4 is 11.6 Å². The van der Waals surface area contributed by atoms with Crippen LogP contribution in [0.3, 0.4) is 0 Å². The Bertz CT molecular complexity index is 540. The fraction of sp³-hybridized carbons (Fsp3) is 0.294. The quantitative estimate of drug-likeness (QED) is 0.825. The maximum atomic E-state index is 9.87. The van der Waals surface area contributed by atoms with Gasteiger partial charge in [-0.3, -0.25) is 0 Å². The first-order chi connectivity index (χ1) is 10.1. The van der Waals surface area contributed by atoms with Gasteiger partial charge in [0.05, 0.1) is 0 Å². The average molecular weight is 306 g/mol. The van der Waals surface area contributed by atoms with Crippen LogP contribution >= 0.6 is 11.6 Å². The Morgan fingerprint density at radius 1 is 1.10 bits per heavy atom. The summed E-state index contributed by atoms with van der Waals surface area (Å²) in [5, 5.41) is 13.8. The molecule has 2 N–H and O–H groups in total. The molecule has 0 aliphatic heterocycles. The van der Waals surface area contributed by atoms with Crippen LogP contribution in [0.5, 0.6) is 5.75 Å². The van der Waals surface area contributed by atoms with E-state index in [1.165, 1.54) is 11.1 Å². The van der Waals surface area contributed by atoms with Crippen LogP contribution in [-0.4, -0.2) is 24.4 Å². The highest BCUT2D eigenvalue weighted by atomic mass is 35.5. The lowest BCUT2D eigenvalue weighted by molar-refractivity contribution is 0.106. The summed E-state index contributed by atoms with van der Waals surface area (Å²) >= 11 is 5.80. The van der Waals surface area contributed by atoms with Crippen molar-refractivity contribution in [2.24, 2.45) is 0 Å². The number of aliphatic hydroxyl groups is 1. The van der Waals surface area contributed by atoms with Crippen LogP contribution in [0, 0.1) is 6.92 Å². The fourth-order valence-electron chi connectivity index (χ4n) is 1.87. The lowest BCUT2D eigenvalue weighted by Crippen LogP contribution is -2.31. The Hall–Kier alpha value is -1.55. The second kappa shape index (κ2) is 8.03. The van der Waals surface area contributed by atoms with Gasteiger partial charge in [0, 0.05) is 18.1 Å². The summed E-state index contributed by atoms with van der Waals surface area (Å²) in [6, 6.07) is 15.4. The first-order valence-corrected chi connectivity index (χ1v) is 7.34. The molecule has 1 atom stereocenters. The largest absolute Gasteiger partial charge is 0.491 e. The molecule has 2 aromatic carbocycles. The molecule has 4 heteroatoms. The maximum Gasteiger partial charge on any atom is 0.119 e. The van der Waals surface area contributed by atoms with Crippen molar-refractivity contribution < 1.29 is 9.84 Å². The Morgan fingerprint density at radius 3 is 2.43 bits per heavy atom. The zero-order valence-corrected chi connectivity index (χ0v) is 12.8. The third kappa shape index (κ3) is 5.76. The number of rotatable bonds is 7. The molecule has 1 unspecified atom stereocenters. The topological polar surface area (TPSA) is 41.5 Å². The van der Waals surface area contributed by atoms with Crippen LogP contribution in [-0.2, 0) is 6.54 Å². The molecule has 0 bridgehead atoms. The van der Waals surface area contributed by atoms with E-state index in [0.717, 1.165) is 6.54 Å². The van der Waals surface area contributed by atoms with Crippen molar-refractivity contribution in [2.75, 3.05) is 13.2 Å². The molecule has 0 saturated heterocycles. The van der Waals surface area contributed by atoms with Gasteiger partial charge in [0.1, 0.15) is 18.5 Å². The van der Waals surface area contributed by atoms with E-state index in [4.69, 9.17) is 16.3 Å². The van der Waals surface area contributed by atoms with Crippen LogP contribution in [0.15, 0.2) is 48.5 Å². The van der Waals surface area contributed by atoms with E-state index >= 15 is 0 Å². The summed E-state index contributed by atoms with van der Waals surface area (Å²) in [4.78, 5) is 0. The molecule has 3 nitrogen and oxygen atoms in total. The van der Waals surface area contributed by atoms with Gasteiger partial charge in [-0.2, -0.15) is 0 Å². The van der Waals surface area contributed by atoms with Crippen LogP contribution in [0.1, 0.15) is 11.1 Å². The Morgan fingerprint density at radius 2 is 1.76 bits per heavy atom. The molecule has 0 aliphatic rings. The maximum absolute atomic E-state index is 9.87. The lowest BCUT2D eigenvalue weighted by Gasteiger charge is -2.13. The number of ether oxygens (including phenoxy) is 1. The SMILES string of the molecule is Cc1ccc(CNCC(O)COc2ccc(Cl)cc2)cc1. The summed E-state index contributed by atoms with van der Waals surface area (Å²) in [6.07, 6.45) is -0.550. The van der Waals surface area contributed by atoms with Crippen molar-refractivity contribution in [2.45, 2.75) is 19.6 Å². The van der Waals surface area contributed by atoms with Gasteiger partial charge in [0.25, 0.3) is 0 Å². The molecule has 2 rings (SSSR count). The van der Waals surface area contributed by atoms with Crippen LogP contribution < -0.4 is 10.1 Å². The Kier molecular flexibility index (Phi) is 6.05. The second-order valence-corrected chi connectivity index (χ2v) is 5.47. The molecule has 0 amide bonds. The van der Waals surface area contributed by atoms with E-state index in [9.17, 15) is 5.11 Å². The zero-order valence-electron chi connectivity index (χ0n) is 12.1. The van der Waals surface area contributed by atoms with E-state index < -0.39 is 6.10 Å². The van der Waals surface area contributed by atoms with Gasteiger partial charge in [0.2, 0.25) is 0 Å². The van der Waals surface area contributed by atoms with Crippen molar-refractivity contribution in [3.05, 3.63) is 64.7 Å². The van der Waals surface area contributed by atoms with Crippen LogP contribution in [0.4, 0.5) is 0 Å². The smallest absolute Gasteiger partial charge is 0.119 e. The molecule has 112 valence electrons. The lowest BCUT2D eigenvalue weighted by atomic mass is 10.1. The van der Waals surface area contributed by atoms with Crippen molar-refractivity contribution in [1.29, 1.82) is 0 Å². The van der Waals surface area contributed by atoms with Gasteiger partial charge in [-0.1, -0.05) is 41.4 Å². The van der Waals surface area contributed by atoms with Gasteiger partial charge in [0.15, 0.2) is 0 Å². The first kappa shape index (κ1) is 15.8. The minimum Gasteiger partial charge on any atom is -0.491 e. The van der Waals surface area contributed by atoms with E-state index in [1.54, 1.807) is 24.3 Å². The van der Waals surface area contributed by atoms with Gasteiger partial charge in [-0.25, -0.2) is 0 Å². The predicted octanol–water partition coefficient (Wildman–Crippen LogP) is 3.18. The standard InChI is InChI=1S/C17H20ClNO2/c1-13-2-4-14(5-3-13)10-19-11-16(20)12-21-17-8-6-15(18)7-9-17/h2-9,16,19-20H,10-12H2,1H3. The molecule has 21 heavy (non-hydrogen) atoms. The number of aliphatic hydroxyl groups excluding tert-OH is 1. The van der Waals surface area contributed by atoms with Gasteiger partial charge < -0.3 is 15.2 Å². The predicted molar refractivity (Wildman–Crippen MR) is 85.8 cm³/mol. The molecule has 0 heterocycles. The minimum atomic E-state index is -0.550. The van der Waals surface area contributed by atoms with E-state index in [1.807, 2.05) is 0 Å². The van der Waals surface area contributed by atoms with Crippen molar-refractivity contribution in [1.82, 2.24) is 5.32 Å². The second-order valence-electron chi connectivity index (χ2n) is 5.04. The average Bonchev–Trinajstić information content (AvgIpc) is 2.49. The monoisotopic (exact) mass is 305 g/mol. The molecule has 2 aromatic rings. The van der Waals surface area contributed by atoms with Gasteiger partial charge in [-0.15, -0.1) is 0 Å². The van der Waals surface area contributed by atoms with Crippen molar-refractivity contribution in [3.63, 3.8) is 0 Å². The minimum absolute atomic E-state index is 0.253. The zero-order chi connectivity index (χ0) is 15.1. The number of benzene rings is 2. The Labute approximate surface area is 130 Å². The third-order valence-corrected chi connectivity index (χ3v) is 3.34. The summed E-state index contributed by atoms with van der Waals surface area (Å²) in [5.41, 5.74) is 2.45. The van der Waals surface area contributed by atoms with Crippen LogP contribution in [0.25, 0.3) is 0 Å². The number of nitrogens with one attached hydrogen (secondary N) is 1. The third-order valence-electron chi connectivity index (χ3n) is 3.09. The molecule has 0 spiro atoms. The van der Waals surface area contributed by atoms with Gasteiger partial charge >= 0.3 is 0 Å². The normalized spacial score (nSPS) is 12.1. The number of hydrogen-bond donors (Lipinski definition) is 2. The fourth-order valence-corrected chi connectivity index (χ4v) is 2.00. The van der Waals surface area contributed by atoms with Gasteiger partial charge in [-0.05, 0) is 36.8 Å². The highest BCUT2D eigenvalue weighted by Gasteiger charge is 2.05. The molecular weight excluding hydrogens is 286 g/mol. The van der Waals surface area contributed by atoms with Crippen LogP contribution in [0.2, 0.25) is 5.02 Å². The summed E-state index contributed by atoms with van der Waals surface area (Å²) < 4.78 is 5.49. The van der Waals surface area contributed by atoms with E-state index in [-0.39, 0.29) is 6.61 Å². The molecule has 0 aromatic heterocycles. The summed E-state index contributed by atoms with van der Waals surface area (Å²) in [5.74, 6) is 0.706. The highest BCUT2D eigenvalue weighted by molar-refractivity contribution is 6.30. The van der Waals surface area contributed by atoms with E-state index in [0.29, 0.717) is 17.3 Å². The molecule has 0 fully saturated rings. The molecule has 0 aliphatic carbocycles.